The number of aromatic nitrogens is 1. The van der Waals surface area contributed by atoms with Gasteiger partial charge in [-0.1, -0.05) is 42.5 Å². The molecule has 0 saturated carbocycles. The Kier molecular flexibility index (Phi) is 7.84. The quantitative estimate of drug-likeness (QED) is 0.454. The van der Waals surface area contributed by atoms with Gasteiger partial charge in [0.25, 0.3) is 0 Å². The molecule has 2 aliphatic heterocycles. The van der Waals surface area contributed by atoms with Gasteiger partial charge < -0.3 is 15.4 Å². The summed E-state index contributed by atoms with van der Waals surface area (Å²) in [7, 11) is 0. The molecule has 3 aromatic rings. The average molecular weight is 483 g/mol. The van der Waals surface area contributed by atoms with E-state index in [4.69, 9.17) is 9.73 Å². The molecular weight excluding hydrogens is 448 g/mol. The van der Waals surface area contributed by atoms with Crippen LogP contribution in [0.1, 0.15) is 53.4 Å². The lowest BCUT2D eigenvalue weighted by atomic mass is 9.97. The van der Waals surface area contributed by atoms with Gasteiger partial charge in [0.05, 0.1) is 23.5 Å². The molecule has 2 N–H and O–H groups in total. The molecule has 6 heteroatoms. The van der Waals surface area contributed by atoms with E-state index in [-0.39, 0.29) is 18.3 Å². The lowest BCUT2D eigenvalue weighted by Gasteiger charge is -2.24. The molecule has 36 heavy (non-hydrogen) atoms. The van der Waals surface area contributed by atoms with Gasteiger partial charge >= 0.3 is 0 Å². The number of hydrogen-bond donors (Lipinski definition) is 2. The second-order valence-corrected chi connectivity index (χ2v) is 9.75. The highest BCUT2D eigenvalue weighted by Gasteiger charge is 2.26. The van der Waals surface area contributed by atoms with Gasteiger partial charge in [-0.05, 0) is 81.1 Å². The van der Waals surface area contributed by atoms with Crippen molar-refractivity contribution in [2.75, 3.05) is 19.6 Å². The van der Waals surface area contributed by atoms with Gasteiger partial charge in [-0.25, -0.2) is 0 Å². The third-order valence-electron chi connectivity index (χ3n) is 7.04. The SMILES string of the molecule is CC(Oc1ccc(Cc2ccccc2)cc1)C1=Nc2c(ccnc2CNCC2CCNCC2)C(=O)C1. The molecule has 0 spiro atoms. The fourth-order valence-corrected chi connectivity index (χ4v) is 4.92. The topological polar surface area (TPSA) is 75.6 Å². The first-order valence-electron chi connectivity index (χ1n) is 12.9. The number of rotatable bonds is 9. The van der Waals surface area contributed by atoms with E-state index >= 15 is 0 Å². The Morgan fingerprint density at radius 3 is 2.56 bits per heavy atom. The summed E-state index contributed by atoms with van der Waals surface area (Å²) < 4.78 is 6.20. The monoisotopic (exact) mass is 482 g/mol. The van der Waals surface area contributed by atoms with Crippen molar-refractivity contribution in [1.29, 1.82) is 0 Å². The van der Waals surface area contributed by atoms with Gasteiger partial charge in [0.15, 0.2) is 5.78 Å². The van der Waals surface area contributed by atoms with E-state index in [2.05, 4.69) is 52.0 Å². The molecule has 2 aliphatic rings. The van der Waals surface area contributed by atoms with Crippen molar-refractivity contribution >= 4 is 17.2 Å². The van der Waals surface area contributed by atoms with Crippen LogP contribution in [0.3, 0.4) is 0 Å². The number of aliphatic imine (C=N–C) groups is 1. The largest absolute Gasteiger partial charge is 0.485 e. The first-order chi connectivity index (χ1) is 17.7. The maximum absolute atomic E-state index is 13.0. The standard InChI is InChI=1S/C30H34N4O2/c1-21(36-25-9-7-23(8-10-25)17-22-5-3-2-4-6-22)27-18-29(35)26-13-16-33-28(30(26)34-27)20-32-19-24-11-14-31-15-12-24/h2-10,13,16,21,24,31-32H,11-12,14-15,17-20H2,1H3. The summed E-state index contributed by atoms with van der Waals surface area (Å²) in [5.74, 6) is 1.53. The van der Waals surface area contributed by atoms with Crippen LogP contribution in [0.2, 0.25) is 0 Å². The highest BCUT2D eigenvalue weighted by Crippen LogP contribution is 2.30. The summed E-state index contributed by atoms with van der Waals surface area (Å²) in [6.45, 7) is 5.69. The molecule has 1 aromatic heterocycles. The number of piperidine rings is 1. The number of Topliss-reactive ketones (excluding diaryl/α,β-unsaturated/α-hetero) is 1. The van der Waals surface area contributed by atoms with Gasteiger partial charge in [0.2, 0.25) is 0 Å². The normalized spacial score (nSPS) is 16.8. The minimum absolute atomic E-state index is 0.0747. The van der Waals surface area contributed by atoms with Crippen molar-refractivity contribution in [1.82, 2.24) is 15.6 Å². The highest BCUT2D eigenvalue weighted by atomic mass is 16.5. The smallest absolute Gasteiger partial charge is 0.170 e. The van der Waals surface area contributed by atoms with Crippen LogP contribution in [0.15, 0.2) is 71.9 Å². The maximum Gasteiger partial charge on any atom is 0.170 e. The van der Waals surface area contributed by atoms with E-state index in [1.54, 1.807) is 12.3 Å². The molecule has 0 radical (unpaired) electrons. The Morgan fingerprint density at radius 1 is 1.03 bits per heavy atom. The van der Waals surface area contributed by atoms with Crippen LogP contribution in [0.5, 0.6) is 5.75 Å². The molecule has 0 aliphatic carbocycles. The van der Waals surface area contributed by atoms with Gasteiger partial charge in [-0.3, -0.25) is 14.8 Å². The van der Waals surface area contributed by atoms with Gasteiger partial charge in [0.1, 0.15) is 11.9 Å². The van der Waals surface area contributed by atoms with Crippen molar-refractivity contribution in [3.05, 3.63) is 89.2 Å². The van der Waals surface area contributed by atoms with Crippen LogP contribution in [-0.4, -0.2) is 42.2 Å². The Balaban J connectivity index is 1.24. The molecule has 0 amide bonds. The summed E-state index contributed by atoms with van der Waals surface area (Å²) in [5.41, 5.74) is 5.42. The molecule has 1 fully saturated rings. The minimum atomic E-state index is -0.308. The number of ether oxygens (including phenoxy) is 1. The van der Waals surface area contributed by atoms with Crippen molar-refractivity contribution < 1.29 is 9.53 Å². The number of nitrogens with zero attached hydrogens (tertiary/aromatic N) is 2. The number of ketones is 1. The van der Waals surface area contributed by atoms with Crippen molar-refractivity contribution in [2.24, 2.45) is 10.9 Å². The molecule has 1 saturated heterocycles. The third-order valence-corrected chi connectivity index (χ3v) is 7.04. The summed E-state index contributed by atoms with van der Waals surface area (Å²) in [5, 5.41) is 6.95. The van der Waals surface area contributed by atoms with E-state index in [1.807, 2.05) is 25.1 Å². The zero-order valence-corrected chi connectivity index (χ0v) is 20.9. The molecule has 3 heterocycles. The number of nitrogens with one attached hydrogen (secondary N) is 2. The van der Waals surface area contributed by atoms with Crippen LogP contribution in [-0.2, 0) is 13.0 Å². The molecule has 0 bridgehead atoms. The third kappa shape index (κ3) is 6.07. The number of carbonyl (C=O) groups is 1. The number of pyridine rings is 1. The molecule has 2 aromatic carbocycles. The lowest BCUT2D eigenvalue weighted by Crippen LogP contribution is -2.33. The Morgan fingerprint density at radius 2 is 1.78 bits per heavy atom. The van der Waals surface area contributed by atoms with E-state index in [9.17, 15) is 4.79 Å². The van der Waals surface area contributed by atoms with E-state index in [1.165, 1.54) is 24.0 Å². The van der Waals surface area contributed by atoms with Crippen LogP contribution >= 0.6 is 0 Å². The molecule has 5 rings (SSSR count). The van der Waals surface area contributed by atoms with Gasteiger partial charge in [-0.2, -0.15) is 0 Å². The minimum Gasteiger partial charge on any atom is -0.485 e. The predicted molar refractivity (Wildman–Crippen MR) is 143 cm³/mol. The van der Waals surface area contributed by atoms with Crippen LogP contribution < -0.4 is 15.4 Å². The Hall–Kier alpha value is -3.35. The van der Waals surface area contributed by atoms with Crippen molar-refractivity contribution in [3.63, 3.8) is 0 Å². The number of carbonyl (C=O) groups excluding carboxylic acids is 1. The van der Waals surface area contributed by atoms with Crippen LogP contribution in [0, 0.1) is 5.92 Å². The first kappa shape index (κ1) is 24.3. The average Bonchev–Trinajstić information content (AvgIpc) is 2.91. The Labute approximate surface area is 213 Å². The molecule has 1 atom stereocenters. The van der Waals surface area contributed by atoms with Crippen molar-refractivity contribution in [3.8, 4) is 5.75 Å². The van der Waals surface area contributed by atoms with Gasteiger partial charge in [-0.15, -0.1) is 0 Å². The zero-order valence-electron chi connectivity index (χ0n) is 20.9. The second-order valence-electron chi connectivity index (χ2n) is 9.75. The van der Waals surface area contributed by atoms with E-state index in [0.29, 0.717) is 23.7 Å². The fraction of sp³-hybridized carbons (Fsp3) is 0.367. The first-order valence-corrected chi connectivity index (χ1v) is 12.9. The van der Waals surface area contributed by atoms with E-state index in [0.717, 1.165) is 43.2 Å². The molecule has 186 valence electrons. The molecule has 6 nitrogen and oxygen atoms in total. The lowest BCUT2D eigenvalue weighted by molar-refractivity contribution is 0.0996. The highest BCUT2D eigenvalue weighted by molar-refractivity contribution is 6.17. The molecular formula is C30H34N4O2. The predicted octanol–water partition coefficient (Wildman–Crippen LogP) is 4.89. The fourth-order valence-electron chi connectivity index (χ4n) is 4.92. The summed E-state index contributed by atoms with van der Waals surface area (Å²) in [6.07, 6.45) is 4.95. The maximum atomic E-state index is 13.0. The van der Waals surface area contributed by atoms with Crippen LogP contribution in [0.4, 0.5) is 5.69 Å². The Bertz CT molecular complexity index is 1200. The summed E-state index contributed by atoms with van der Waals surface area (Å²) in [4.78, 5) is 22.4. The van der Waals surface area contributed by atoms with Crippen LogP contribution in [0.25, 0.3) is 0 Å². The zero-order chi connectivity index (χ0) is 24.7. The van der Waals surface area contributed by atoms with E-state index < -0.39 is 0 Å². The number of hydrogen-bond acceptors (Lipinski definition) is 6. The molecule has 1 unspecified atom stereocenters. The summed E-state index contributed by atoms with van der Waals surface area (Å²) >= 11 is 0. The second kappa shape index (κ2) is 11.6. The number of fused-ring (bicyclic) bond motifs is 1. The summed E-state index contributed by atoms with van der Waals surface area (Å²) in [6, 6.07) is 20.4. The number of benzene rings is 2. The van der Waals surface area contributed by atoms with Crippen molar-refractivity contribution in [2.45, 2.75) is 45.3 Å². The van der Waals surface area contributed by atoms with Gasteiger partial charge in [0, 0.05) is 18.3 Å².